The van der Waals surface area contributed by atoms with Gasteiger partial charge in [0.25, 0.3) is 0 Å². The maximum absolute atomic E-state index is 12.5. The highest BCUT2D eigenvalue weighted by molar-refractivity contribution is 6.01. The number of benzene rings is 2. The highest BCUT2D eigenvalue weighted by Crippen LogP contribution is 2.23. The first-order valence-electron chi connectivity index (χ1n) is 7.96. The Bertz CT molecular complexity index is 712. The van der Waals surface area contributed by atoms with Crippen LogP contribution < -0.4 is 4.74 Å². The first-order chi connectivity index (χ1) is 11.6. The summed E-state index contributed by atoms with van der Waals surface area (Å²) in [6, 6.07) is 16.1. The molecule has 1 aliphatic heterocycles. The number of carbonyl (C=O) groups is 2. The van der Waals surface area contributed by atoms with Crippen LogP contribution in [0.2, 0.25) is 0 Å². The van der Waals surface area contributed by atoms with Crippen LogP contribution >= 0.6 is 0 Å². The molecule has 2 aromatic rings. The average molecular weight is 325 g/mol. The van der Waals surface area contributed by atoms with Gasteiger partial charge in [0.1, 0.15) is 12.4 Å². The Morgan fingerprint density at radius 1 is 1.08 bits per heavy atom. The fraction of sp³-hybridized carbons (Fsp3) is 0.263. The lowest BCUT2D eigenvalue weighted by Crippen LogP contribution is -2.39. The largest absolute Gasteiger partial charge is 0.489 e. The van der Waals surface area contributed by atoms with E-state index in [1.54, 1.807) is 24.3 Å². The van der Waals surface area contributed by atoms with Gasteiger partial charge in [-0.25, -0.2) is 4.79 Å². The van der Waals surface area contributed by atoms with Crippen LogP contribution in [0.5, 0.6) is 5.75 Å². The van der Waals surface area contributed by atoms with E-state index in [1.807, 2.05) is 30.3 Å². The van der Waals surface area contributed by atoms with Gasteiger partial charge in [0, 0.05) is 12.1 Å². The molecule has 0 aromatic heterocycles. The predicted molar refractivity (Wildman–Crippen MR) is 89.3 cm³/mol. The fourth-order valence-corrected chi connectivity index (χ4v) is 2.92. The number of hydrogen-bond donors (Lipinski definition) is 1. The van der Waals surface area contributed by atoms with Crippen molar-refractivity contribution in [3.63, 3.8) is 0 Å². The van der Waals surface area contributed by atoms with Gasteiger partial charge < -0.3 is 9.84 Å². The van der Waals surface area contributed by atoms with Gasteiger partial charge in [0.2, 0.25) is 0 Å². The van der Waals surface area contributed by atoms with Crippen LogP contribution in [0.1, 0.15) is 28.8 Å². The molecule has 1 saturated heterocycles. The highest BCUT2D eigenvalue weighted by atomic mass is 16.5. The van der Waals surface area contributed by atoms with Crippen LogP contribution in [0.15, 0.2) is 54.6 Å². The smallest absolute Gasteiger partial charge is 0.407 e. The molecule has 24 heavy (non-hydrogen) atoms. The molecule has 0 radical (unpaired) electrons. The second kappa shape index (κ2) is 7.17. The topological polar surface area (TPSA) is 66.8 Å². The van der Waals surface area contributed by atoms with E-state index in [9.17, 15) is 9.59 Å². The van der Waals surface area contributed by atoms with Gasteiger partial charge in [-0.05, 0) is 42.7 Å². The number of rotatable bonds is 5. The van der Waals surface area contributed by atoms with Crippen LogP contribution in [0.4, 0.5) is 4.79 Å². The molecular weight excluding hydrogens is 306 g/mol. The number of hydrogen-bond acceptors (Lipinski definition) is 3. The third kappa shape index (κ3) is 3.56. The van der Waals surface area contributed by atoms with Gasteiger partial charge in [-0.1, -0.05) is 30.3 Å². The monoisotopic (exact) mass is 325 g/mol. The number of carbonyl (C=O) groups excluding carboxylic acids is 1. The Kier molecular flexibility index (Phi) is 4.79. The molecule has 0 unspecified atom stereocenters. The average Bonchev–Trinajstić information content (AvgIpc) is 3.11. The summed E-state index contributed by atoms with van der Waals surface area (Å²) in [6.45, 7) is 0.883. The summed E-state index contributed by atoms with van der Waals surface area (Å²) >= 11 is 0. The number of carboxylic acid groups (broad SMARTS) is 1. The Morgan fingerprint density at radius 3 is 2.46 bits per heavy atom. The molecule has 3 rings (SSSR count). The molecule has 0 bridgehead atoms. The van der Waals surface area contributed by atoms with Crippen molar-refractivity contribution in [1.82, 2.24) is 4.90 Å². The van der Waals surface area contributed by atoms with Crippen LogP contribution in [0.25, 0.3) is 0 Å². The molecule has 1 fully saturated rings. The third-order valence-corrected chi connectivity index (χ3v) is 4.19. The number of likely N-dealkylation sites (tertiary alicyclic amines) is 1. The van der Waals surface area contributed by atoms with E-state index in [2.05, 4.69) is 0 Å². The fourth-order valence-electron chi connectivity index (χ4n) is 2.92. The van der Waals surface area contributed by atoms with E-state index in [0.29, 0.717) is 30.9 Å². The van der Waals surface area contributed by atoms with Crippen LogP contribution in [0.3, 0.4) is 0 Å². The maximum Gasteiger partial charge on any atom is 0.407 e. The predicted octanol–water partition coefficient (Wildman–Crippen LogP) is 3.59. The van der Waals surface area contributed by atoms with E-state index < -0.39 is 12.1 Å². The molecule has 1 aliphatic rings. The lowest BCUT2D eigenvalue weighted by molar-refractivity contribution is 0.0845. The van der Waals surface area contributed by atoms with E-state index in [4.69, 9.17) is 9.84 Å². The zero-order valence-corrected chi connectivity index (χ0v) is 13.2. The quantitative estimate of drug-likeness (QED) is 0.853. The molecule has 0 saturated carbocycles. The Labute approximate surface area is 140 Å². The molecular formula is C19H19NO4. The highest BCUT2D eigenvalue weighted by Gasteiger charge is 2.34. The van der Waals surface area contributed by atoms with Gasteiger partial charge in [0.05, 0.1) is 6.04 Å². The number of Topliss-reactive ketones (excluding diaryl/α,β-unsaturated/α-hetero) is 1. The van der Waals surface area contributed by atoms with Crippen LogP contribution in [-0.2, 0) is 6.61 Å². The van der Waals surface area contributed by atoms with Gasteiger partial charge in [-0.2, -0.15) is 0 Å². The van der Waals surface area contributed by atoms with Crippen LogP contribution in [-0.4, -0.2) is 34.5 Å². The summed E-state index contributed by atoms with van der Waals surface area (Å²) < 4.78 is 5.70. The van der Waals surface area contributed by atoms with E-state index >= 15 is 0 Å². The number of ketones is 1. The summed E-state index contributed by atoms with van der Waals surface area (Å²) in [5, 5.41) is 9.16. The van der Waals surface area contributed by atoms with Crippen molar-refractivity contribution >= 4 is 11.9 Å². The van der Waals surface area contributed by atoms with Crippen molar-refractivity contribution in [3.05, 3.63) is 65.7 Å². The lowest BCUT2D eigenvalue weighted by atomic mass is 10.0. The van der Waals surface area contributed by atoms with Gasteiger partial charge in [0.15, 0.2) is 5.78 Å². The number of ether oxygens (including phenoxy) is 1. The zero-order chi connectivity index (χ0) is 16.9. The molecule has 5 nitrogen and oxygen atoms in total. The normalized spacial score (nSPS) is 16.8. The van der Waals surface area contributed by atoms with Gasteiger partial charge in [-0.3, -0.25) is 9.69 Å². The molecule has 1 heterocycles. The first kappa shape index (κ1) is 16.1. The second-order valence-electron chi connectivity index (χ2n) is 5.80. The molecule has 0 aliphatic carbocycles. The molecule has 0 spiro atoms. The minimum atomic E-state index is -1.03. The molecule has 1 amide bonds. The van der Waals surface area contributed by atoms with E-state index in [-0.39, 0.29) is 5.78 Å². The number of amides is 1. The Morgan fingerprint density at radius 2 is 1.79 bits per heavy atom. The standard InChI is InChI=1S/C19H19NO4/c21-18(17-7-4-12-20(17)19(22)23)15-8-10-16(11-9-15)24-13-14-5-2-1-3-6-14/h1-3,5-6,8-11,17H,4,7,12-13H2,(H,22,23)/t17-/m1/s1. The summed E-state index contributed by atoms with van der Waals surface area (Å²) in [5.74, 6) is 0.529. The molecule has 124 valence electrons. The first-order valence-corrected chi connectivity index (χ1v) is 7.96. The zero-order valence-electron chi connectivity index (χ0n) is 13.2. The van der Waals surface area contributed by atoms with Gasteiger partial charge in [-0.15, -0.1) is 0 Å². The molecule has 1 N–H and O–H groups in total. The minimum absolute atomic E-state index is 0.149. The van der Waals surface area contributed by atoms with Crippen molar-refractivity contribution in [2.75, 3.05) is 6.54 Å². The summed E-state index contributed by atoms with van der Waals surface area (Å²) in [5.41, 5.74) is 1.58. The van der Waals surface area contributed by atoms with E-state index in [0.717, 1.165) is 12.0 Å². The summed E-state index contributed by atoms with van der Waals surface area (Å²) in [7, 11) is 0. The SMILES string of the molecule is O=C(c1ccc(OCc2ccccc2)cc1)[C@H]1CCCN1C(=O)O. The second-order valence-corrected chi connectivity index (χ2v) is 5.80. The Hall–Kier alpha value is -2.82. The van der Waals surface area contributed by atoms with Crippen molar-refractivity contribution in [2.24, 2.45) is 0 Å². The number of nitrogens with zero attached hydrogens (tertiary/aromatic N) is 1. The molecule has 5 heteroatoms. The van der Waals surface area contributed by atoms with Crippen molar-refractivity contribution in [3.8, 4) is 5.75 Å². The van der Waals surface area contributed by atoms with Crippen LogP contribution in [0, 0.1) is 0 Å². The van der Waals surface area contributed by atoms with Crippen molar-refractivity contribution < 1.29 is 19.4 Å². The Balaban J connectivity index is 1.63. The minimum Gasteiger partial charge on any atom is -0.489 e. The maximum atomic E-state index is 12.5. The molecule has 2 aromatic carbocycles. The summed E-state index contributed by atoms with van der Waals surface area (Å²) in [6.07, 6.45) is 0.270. The third-order valence-electron chi connectivity index (χ3n) is 4.19. The lowest BCUT2D eigenvalue weighted by Gasteiger charge is -2.20. The van der Waals surface area contributed by atoms with E-state index in [1.165, 1.54) is 4.90 Å². The van der Waals surface area contributed by atoms with Crippen molar-refractivity contribution in [1.29, 1.82) is 0 Å². The summed E-state index contributed by atoms with van der Waals surface area (Å²) in [4.78, 5) is 24.9. The van der Waals surface area contributed by atoms with Crippen molar-refractivity contribution in [2.45, 2.75) is 25.5 Å². The molecule has 1 atom stereocenters. The van der Waals surface area contributed by atoms with Gasteiger partial charge >= 0.3 is 6.09 Å².